The summed E-state index contributed by atoms with van der Waals surface area (Å²) >= 11 is 1.62. The van der Waals surface area contributed by atoms with E-state index in [4.69, 9.17) is 15.2 Å². The molecular weight excluding hydrogens is 414 g/mol. The van der Waals surface area contributed by atoms with Crippen molar-refractivity contribution in [2.45, 2.75) is 50.7 Å². The minimum absolute atomic E-state index is 0. The molecule has 1 aliphatic carbocycles. The Bertz CT molecular complexity index is 705. The Balaban J connectivity index is 0.00000420. The Morgan fingerprint density at radius 2 is 1.83 bits per heavy atom. The normalized spacial score (nSPS) is 17.3. The highest BCUT2D eigenvalue weighted by molar-refractivity contribution is 7.98. The number of carbonyl (C=O) groups is 2. The number of ether oxygens (including phenoxy) is 2. The molecule has 164 valence electrons. The van der Waals surface area contributed by atoms with Gasteiger partial charge in [0.15, 0.2) is 11.5 Å². The van der Waals surface area contributed by atoms with Gasteiger partial charge >= 0.3 is 0 Å². The van der Waals surface area contributed by atoms with Crippen LogP contribution in [0.3, 0.4) is 0 Å². The van der Waals surface area contributed by atoms with Gasteiger partial charge in [-0.1, -0.05) is 0 Å². The third kappa shape index (κ3) is 7.06. The number of imide groups is 1. The largest absolute Gasteiger partial charge is 0.493 e. The summed E-state index contributed by atoms with van der Waals surface area (Å²) in [6.45, 7) is 1.76. The van der Waals surface area contributed by atoms with Crippen molar-refractivity contribution in [2.75, 3.05) is 26.2 Å². The fourth-order valence-corrected chi connectivity index (χ4v) is 3.84. The van der Waals surface area contributed by atoms with Crippen molar-refractivity contribution in [3.05, 3.63) is 23.3 Å². The second-order valence-corrected chi connectivity index (χ2v) is 8.03. The molecule has 0 radical (unpaired) electrons. The van der Waals surface area contributed by atoms with Crippen LogP contribution in [0.25, 0.3) is 0 Å². The summed E-state index contributed by atoms with van der Waals surface area (Å²) in [4.78, 5) is 24.4. The van der Waals surface area contributed by atoms with Gasteiger partial charge in [-0.15, -0.1) is 12.4 Å². The van der Waals surface area contributed by atoms with E-state index in [-0.39, 0.29) is 24.4 Å². The fourth-order valence-electron chi connectivity index (χ4n) is 3.35. The summed E-state index contributed by atoms with van der Waals surface area (Å²) in [6, 6.07) is 3.03. The first-order chi connectivity index (χ1) is 13.4. The van der Waals surface area contributed by atoms with Crippen molar-refractivity contribution in [1.29, 1.82) is 0 Å². The van der Waals surface area contributed by atoms with Gasteiger partial charge in [0.05, 0.1) is 26.3 Å². The molecule has 1 unspecified atom stereocenters. The van der Waals surface area contributed by atoms with Crippen LogP contribution in [0, 0.1) is 0 Å². The summed E-state index contributed by atoms with van der Waals surface area (Å²) < 4.78 is 10.8. The van der Waals surface area contributed by atoms with Crippen LogP contribution < -0.4 is 25.8 Å². The van der Waals surface area contributed by atoms with Crippen molar-refractivity contribution >= 4 is 36.0 Å². The van der Waals surface area contributed by atoms with Crippen molar-refractivity contribution in [1.82, 2.24) is 10.6 Å². The molecule has 1 aromatic carbocycles. The molecule has 2 rings (SSSR count). The highest BCUT2D eigenvalue weighted by Crippen LogP contribution is 2.34. The molecule has 2 amide bonds. The van der Waals surface area contributed by atoms with Gasteiger partial charge in [0.25, 0.3) is 0 Å². The number of fused-ring (bicyclic) bond motifs is 1. The summed E-state index contributed by atoms with van der Waals surface area (Å²) in [6.07, 6.45) is 5.08. The van der Waals surface area contributed by atoms with Crippen molar-refractivity contribution < 1.29 is 19.1 Å². The number of hydrogen-bond donors (Lipinski definition) is 3. The van der Waals surface area contributed by atoms with E-state index in [1.165, 1.54) is 11.1 Å². The Kier molecular flexibility index (Phi) is 10.8. The predicted molar refractivity (Wildman–Crippen MR) is 119 cm³/mol. The molecule has 0 saturated carbocycles. The first-order valence-corrected chi connectivity index (χ1v) is 10.9. The molecule has 1 aliphatic rings. The molecular formula is C20H32ClN3O4S. The molecule has 29 heavy (non-hydrogen) atoms. The highest BCUT2D eigenvalue weighted by atomic mass is 35.5. The fraction of sp³-hybridized carbons (Fsp3) is 0.600. The predicted octanol–water partition coefficient (Wildman–Crippen LogP) is 1.68. The number of methoxy groups -OCH3 is 2. The van der Waals surface area contributed by atoms with E-state index in [9.17, 15) is 9.59 Å². The Hall–Kier alpha value is -1.48. The summed E-state index contributed by atoms with van der Waals surface area (Å²) in [7, 11) is 3.25. The monoisotopic (exact) mass is 445 g/mol. The molecule has 0 saturated heterocycles. The minimum atomic E-state index is -0.660. The van der Waals surface area contributed by atoms with Crippen molar-refractivity contribution in [3.63, 3.8) is 0 Å². The van der Waals surface area contributed by atoms with Gasteiger partial charge in [0, 0.05) is 6.04 Å². The molecule has 1 aromatic rings. The first kappa shape index (κ1) is 25.6. The van der Waals surface area contributed by atoms with Gasteiger partial charge in [-0.05, 0) is 67.9 Å². The topological polar surface area (TPSA) is 103 Å². The second-order valence-electron chi connectivity index (χ2n) is 7.05. The molecule has 3 atom stereocenters. The zero-order valence-electron chi connectivity index (χ0n) is 17.4. The van der Waals surface area contributed by atoms with Gasteiger partial charge in [0.2, 0.25) is 11.8 Å². The van der Waals surface area contributed by atoms with Crippen LogP contribution >= 0.6 is 24.2 Å². The molecule has 0 aromatic heterocycles. The Labute approximate surface area is 183 Å². The lowest BCUT2D eigenvalue weighted by molar-refractivity contribution is -0.132. The Morgan fingerprint density at radius 1 is 1.21 bits per heavy atom. The number of halogens is 1. The number of rotatable bonds is 9. The smallest absolute Gasteiger partial charge is 0.243 e. The van der Waals surface area contributed by atoms with Crippen LogP contribution in [0.2, 0.25) is 0 Å². The van der Waals surface area contributed by atoms with E-state index in [0.717, 1.165) is 30.8 Å². The summed E-state index contributed by atoms with van der Waals surface area (Å²) in [5.41, 5.74) is 8.24. The summed E-state index contributed by atoms with van der Waals surface area (Å²) in [5, 5.41) is 5.75. The molecule has 7 nitrogen and oxygen atoms in total. The van der Waals surface area contributed by atoms with Crippen molar-refractivity contribution in [2.24, 2.45) is 5.73 Å². The van der Waals surface area contributed by atoms with Crippen LogP contribution in [-0.2, 0) is 22.4 Å². The number of carbonyl (C=O) groups excluding carboxylic acids is 2. The van der Waals surface area contributed by atoms with Crippen LogP contribution in [0.5, 0.6) is 11.5 Å². The molecule has 0 aliphatic heterocycles. The highest BCUT2D eigenvalue weighted by Gasteiger charge is 2.25. The second kappa shape index (κ2) is 12.3. The molecule has 4 N–H and O–H groups in total. The number of amides is 2. The van der Waals surface area contributed by atoms with Crippen LogP contribution in [0.1, 0.15) is 30.9 Å². The summed E-state index contributed by atoms with van der Waals surface area (Å²) in [5.74, 6) is 1.46. The van der Waals surface area contributed by atoms with Crippen LogP contribution in [-0.4, -0.2) is 56.2 Å². The van der Waals surface area contributed by atoms with E-state index in [1.807, 2.05) is 18.4 Å². The van der Waals surface area contributed by atoms with E-state index >= 15 is 0 Å². The maximum absolute atomic E-state index is 12.3. The maximum atomic E-state index is 12.3. The maximum Gasteiger partial charge on any atom is 0.243 e. The molecule has 0 heterocycles. The SMILES string of the molecule is COc1cc2c(cc1OC)CC(N[C@@H](C)C(=O)NC(=O)[C@@H](N)CCSC)CC2.Cl. The standard InChI is InChI=1S/C20H31N3O4S.ClH/c1-12(19(24)23-20(25)16(21)7-8-28-4)22-15-6-5-13-10-17(26-2)18(27-3)11-14(13)9-15;/h10-12,15-16,22H,5-9,21H2,1-4H3,(H,23,24,25);1H/t12-,15?,16-;/m0./s1. The average Bonchev–Trinajstić information content (AvgIpc) is 2.70. The molecule has 0 spiro atoms. The van der Waals surface area contributed by atoms with Crippen LogP contribution in [0.15, 0.2) is 12.1 Å². The molecule has 0 bridgehead atoms. The van der Waals surface area contributed by atoms with Gasteiger partial charge in [-0.25, -0.2) is 0 Å². The third-order valence-electron chi connectivity index (χ3n) is 5.03. The number of aryl methyl sites for hydroxylation is 1. The third-order valence-corrected chi connectivity index (χ3v) is 5.67. The minimum Gasteiger partial charge on any atom is -0.493 e. The van der Waals surface area contributed by atoms with E-state index in [0.29, 0.717) is 12.2 Å². The molecule has 0 fully saturated rings. The van der Waals surface area contributed by atoms with Crippen molar-refractivity contribution in [3.8, 4) is 11.5 Å². The number of nitrogens with two attached hydrogens (primary N) is 1. The molecule has 9 heteroatoms. The quantitative estimate of drug-likeness (QED) is 0.531. The lowest BCUT2D eigenvalue weighted by atomic mass is 9.87. The van der Waals surface area contributed by atoms with Gasteiger partial charge in [-0.3, -0.25) is 14.9 Å². The lowest BCUT2D eigenvalue weighted by Crippen LogP contribution is -2.52. The van der Waals surface area contributed by atoms with E-state index in [2.05, 4.69) is 10.6 Å². The number of benzene rings is 1. The zero-order chi connectivity index (χ0) is 20.7. The number of hydrogen-bond acceptors (Lipinski definition) is 7. The van der Waals surface area contributed by atoms with Gasteiger partial charge in [0.1, 0.15) is 0 Å². The average molecular weight is 446 g/mol. The van der Waals surface area contributed by atoms with Crippen LogP contribution in [0.4, 0.5) is 0 Å². The number of thioether (sulfide) groups is 1. The zero-order valence-corrected chi connectivity index (χ0v) is 19.1. The van der Waals surface area contributed by atoms with Gasteiger partial charge < -0.3 is 20.5 Å². The van der Waals surface area contributed by atoms with E-state index in [1.54, 1.807) is 32.9 Å². The lowest BCUT2D eigenvalue weighted by Gasteiger charge is -2.29. The van der Waals surface area contributed by atoms with Gasteiger partial charge in [-0.2, -0.15) is 11.8 Å². The first-order valence-electron chi connectivity index (χ1n) is 9.48. The van der Waals surface area contributed by atoms with E-state index < -0.39 is 18.0 Å². The number of nitrogens with one attached hydrogen (secondary N) is 2. The Morgan fingerprint density at radius 3 is 2.41 bits per heavy atom.